The zero-order chi connectivity index (χ0) is 56.3. The van der Waals surface area contributed by atoms with E-state index in [0.29, 0.717) is 61.5 Å². The molecule has 4 fully saturated rings. The monoisotopic (exact) mass is 1100 g/mol. The molecule has 23 heteroatoms. The smallest absolute Gasteiger partial charge is 0.407 e. The van der Waals surface area contributed by atoms with E-state index in [1.54, 1.807) is 54.5 Å². The molecule has 0 spiro atoms. The number of carbonyl (C=O) groups is 4. The van der Waals surface area contributed by atoms with E-state index < -0.39 is 83.3 Å². The van der Waals surface area contributed by atoms with Crippen molar-refractivity contribution in [2.45, 2.75) is 102 Å². The highest BCUT2D eigenvalue weighted by atomic mass is 19.2. The van der Waals surface area contributed by atoms with Gasteiger partial charge in [0.05, 0.1) is 53.3 Å². The predicted molar refractivity (Wildman–Crippen MR) is 282 cm³/mol. The molecule has 0 saturated carbocycles. The number of nitrogens with zero attached hydrogens (tertiary/aromatic N) is 8. The Morgan fingerprint density at radius 3 is 1.54 bits per heavy atom. The van der Waals surface area contributed by atoms with Crippen LogP contribution < -0.4 is 20.0 Å². The van der Waals surface area contributed by atoms with Crippen molar-refractivity contribution in [2.75, 3.05) is 68.1 Å². The molecule has 2 aromatic heterocycles. The number of ether oxygens (including phenoxy) is 1. The van der Waals surface area contributed by atoms with E-state index in [-0.39, 0.29) is 102 Å². The van der Waals surface area contributed by atoms with E-state index in [1.807, 2.05) is 0 Å². The second kappa shape index (κ2) is 21.8. The summed E-state index contributed by atoms with van der Waals surface area (Å²) >= 11 is 0. The molecule has 10 rings (SSSR count). The van der Waals surface area contributed by atoms with Gasteiger partial charge in [-0.25, -0.2) is 45.9 Å². The number of halogens is 6. The number of carbonyl (C=O) groups excluding carboxylic acids is 3. The fourth-order valence-electron chi connectivity index (χ4n) is 12.4. The van der Waals surface area contributed by atoms with E-state index in [0.717, 1.165) is 29.2 Å². The molecule has 6 heterocycles. The summed E-state index contributed by atoms with van der Waals surface area (Å²) in [6, 6.07) is 6.59. The Hall–Kier alpha value is -7.72. The summed E-state index contributed by atoms with van der Waals surface area (Å²) < 4.78 is 102. The second-order valence-corrected chi connectivity index (χ2v) is 21.7. The third kappa shape index (κ3) is 10.2. The Kier molecular flexibility index (Phi) is 15.1. The van der Waals surface area contributed by atoms with Crippen LogP contribution in [0.4, 0.5) is 53.0 Å². The summed E-state index contributed by atoms with van der Waals surface area (Å²) in [5.41, 5.74) is 0.944. The number of likely N-dealkylation sites (tertiary alicyclic amines) is 2. The van der Waals surface area contributed by atoms with Gasteiger partial charge in [-0.2, -0.15) is 0 Å². The third-order valence-electron chi connectivity index (χ3n) is 16.2. The van der Waals surface area contributed by atoms with E-state index >= 15 is 17.6 Å². The van der Waals surface area contributed by atoms with E-state index in [1.165, 1.54) is 42.2 Å². The van der Waals surface area contributed by atoms with Crippen LogP contribution in [0.25, 0.3) is 22.1 Å². The van der Waals surface area contributed by atoms with Gasteiger partial charge in [0.1, 0.15) is 58.4 Å². The number of carboxylic acid groups (broad SMARTS) is 1. The number of aromatic amines is 2. The average molecular weight is 1100 g/mol. The van der Waals surface area contributed by atoms with Crippen molar-refractivity contribution >= 4 is 63.1 Å². The number of hydrogen-bond acceptors (Lipinski definition) is 10. The lowest BCUT2D eigenvalue weighted by Crippen LogP contribution is -2.51. The highest BCUT2D eigenvalue weighted by molar-refractivity contribution is 5.87. The molecule has 17 nitrogen and oxygen atoms in total. The first-order chi connectivity index (χ1) is 37.7. The van der Waals surface area contributed by atoms with Crippen molar-refractivity contribution in [3.05, 3.63) is 112 Å². The fraction of sp³-hybridized carbons (Fsp3) is 0.464. The number of hydrogen-bond donors (Lipinski definition) is 4. The number of para-hydroxylation sites is 1. The lowest BCUT2D eigenvalue weighted by Gasteiger charge is -2.38. The number of methoxy groups -OCH3 is 1. The van der Waals surface area contributed by atoms with Gasteiger partial charge < -0.3 is 49.6 Å². The van der Waals surface area contributed by atoms with Gasteiger partial charge in [0.15, 0.2) is 11.6 Å². The van der Waals surface area contributed by atoms with Crippen molar-refractivity contribution in [3.63, 3.8) is 0 Å². The number of amides is 4. The van der Waals surface area contributed by atoms with E-state index in [4.69, 9.17) is 14.7 Å². The molecule has 4 aliphatic rings. The number of imidazole rings is 2. The fourth-order valence-corrected chi connectivity index (χ4v) is 12.4. The van der Waals surface area contributed by atoms with Gasteiger partial charge >= 0.3 is 12.2 Å². The molecule has 6 aromatic rings. The SMILES string of the molecule is COC(=O)N[C@H](C(=O)N1CCC[C@H]1c1nc2cc(F)c([C@@H]3CC[C@@H](c4cc5[nH]c([C@@H]6CCCN6C(=O)[C@H](C(C)C)N(C)C(=O)O)nc5cc4F)N3c3cc(F)c(N4CCN(c5c(F)cccc5F)CC4)c(F)c3)cc2[nH]1)C(C)C. The Labute approximate surface area is 451 Å². The standard InChI is InChI=1S/C56H63F6N11O6/c1-28(2)47(67-55(76)79-6)53(74)71-16-8-12-45(71)51-63-39-24-31(35(59)26-41(39)65-51)43-14-15-44(73(43)30-22-37(61)50(38(62)23-30)70-20-18-69(19-21-70)49-33(57)10-7-11-34(49)58)32-25-40-42(27-36(32)60)66-52(64-40)46-13-9-17-72(46)54(75)48(29(3)4)68(5)56(77)78/h7,10-11,22-29,43-48H,8-9,12-21H2,1-6H3,(H,63,65)(H,64,66)(H,67,76)(H,77,78)/t43-,44-,45-,46-,47-,48-/m0/s1. The number of fused-ring (bicyclic) bond motifs is 2. The van der Waals surface area contributed by atoms with Crippen molar-refractivity contribution in [2.24, 2.45) is 11.8 Å². The van der Waals surface area contributed by atoms with Gasteiger partial charge in [0.2, 0.25) is 11.8 Å². The Bertz CT molecular complexity index is 3290. The maximum absolute atomic E-state index is 17.0. The topological polar surface area (TPSA) is 187 Å². The molecular weight excluding hydrogens is 1040 g/mol. The van der Waals surface area contributed by atoms with Crippen LogP contribution in [-0.4, -0.2) is 129 Å². The Morgan fingerprint density at radius 1 is 0.633 bits per heavy atom. The zero-order valence-corrected chi connectivity index (χ0v) is 44.6. The van der Waals surface area contributed by atoms with Crippen molar-refractivity contribution in [1.29, 1.82) is 0 Å². The molecule has 4 amide bonds. The summed E-state index contributed by atoms with van der Waals surface area (Å²) in [5.74, 6) is -5.41. The quantitative estimate of drug-likeness (QED) is 0.0807. The summed E-state index contributed by atoms with van der Waals surface area (Å²) in [6.07, 6.45) is 0.659. The minimum Gasteiger partial charge on any atom is -0.465 e. The largest absolute Gasteiger partial charge is 0.465 e. The van der Waals surface area contributed by atoms with Crippen molar-refractivity contribution < 1.29 is 55.4 Å². The van der Waals surface area contributed by atoms with Gasteiger partial charge in [-0.05, 0) is 86.8 Å². The molecule has 0 aliphatic carbocycles. The number of likely N-dealkylation sites (N-methyl/N-ethyl adjacent to an activating group) is 1. The van der Waals surface area contributed by atoms with Gasteiger partial charge in [-0.15, -0.1) is 0 Å². The molecule has 6 atom stereocenters. The lowest BCUT2D eigenvalue weighted by atomic mass is 10.0. The van der Waals surface area contributed by atoms with Crippen molar-refractivity contribution in [3.8, 4) is 0 Å². The zero-order valence-electron chi connectivity index (χ0n) is 44.6. The highest BCUT2D eigenvalue weighted by Crippen LogP contribution is 2.50. The maximum Gasteiger partial charge on any atom is 0.407 e. The number of alkyl carbamates (subject to hydrolysis) is 1. The Morgan fingerprint density at radius 2 is 1.10 bits per heavy atom. The highest BCUT2D eigenvalue weighted by Gasteiger charge is 2.43. The molecule has 4 N–H and O–H groups in total. The second-order valence-electron chi connectivity index (χ2n) is 21.7. The molecule has 0 radical (unpaired) electrons. The van der Waals surface area contributed by atoms with Crippen LogP contribution in [0.15, 0.2) is 54.6 Å². The molecule has 4 saturated heterocycles. The molecule has 0 unspecified atom stereocenters. The molecule has 79 heavy (non-hydrogen) atoms. The number of piperazine rings is 1. The van der Waals surface area contributed by atoms with E-state index in [9.17, 15) is 33.1 Å². The van der Waals surface area contributed by atoms with Gasteiger partial charge in [-0.3, -0.25) is 14.5 Å². The summed E-state index contributed by atoms with van der Waals surface area (Å²) in [5, 5.41) is 12.4. The lowest BCUT2D eigenvalue weighted by molar-refractivity contribution is -0.138. The van der Waals surface area contributed by atoms with Gasteiger partial charge in [0, 0.05) is 75.3 Å². The molecule has 420 valence electrons. The van der Waals surface area contributed by atoms with Crippen LogP contribution in [0.3, 0.4) is 0 Å². The van der Waals surface area contributed by atoms with Gasteiger partial charge in [-0.1, -0.05) is 33.8 Å². The minimum absolute atomic E-state index is 0.0144. The molecule has 4 aliphatic heterocycles. The van der Waals surface area contributed by atoms with E-state index in [2.05, 4.69) is 15.3 Å². The molecule has 4 aromatic carbocycles. The molecular formula is C56H63F6N11O6. The number of aromatic nitrogens is 4. The number of benzene rings is 4. The third-order valence-corrected chi connectivity index (χ3v) is 16.2. The summed E-state index contributed by atoms with van der Waals surface area (Å²) in [4.78, 5) is 77.0. The maximum atomic E-state index is 17.0. The van der Waals surface area contributed by atoms with Crippen LogP contribution in [-0.2, 0) is 14.3 Å². The normalized spacial score (nSPS) is 20.6. The number of rotatable bonds is 13. The van der Waals surface area contributed by atoms with Crippen LogP contribution in [0.1, 0.15) is 113 Å². The minimum atomic E-state index is -1.25. The summed E-state index contributed by atoms with van der Waals surface area (Å²) in [7, 11) is 2.56. The van der Waals surface area contributed by atoms with Crippen LogP contribution in [0.2, 0.25) is 0 Å². The van der Waals surface area contributed by atoms with Crippen LogP contribution >= 0.6 is 0 Å². The first-order valence-electron chi connectivity index (χ1n) is 26.7. The average Bonchev–Trinajstić information content (AvgIpc) is 4.49. The van der Waals surface area contributed by atoms with Crippen LogP contribution in [0, 0.1) is 46.7 Å². The first-order valence-corrected chi connectivity index (χ1v) is 26.7. The summed E-state index contributed by atoms with van der Waals surface area (Å²) in [6.45, 7) is 8.01. The number of anilines is 3. The number of H-pyrrole nitrogens is 2. The van der Waals surface area contributed by atoms with Gasteiger partial charge in [0.25, 0.3) is 0 Å². The predicted octanol–water partition coefficient (Wildman–Crippen LogP) is 10.0. The van der Waals surface area contributed by atoms with Crippen LogP contribution in [0.5, 0.6) is 0 Å². The Balaban J connectivity index is 1.00. The molecule has 0 bridgehead atoms. The number of nitrogens with one attached hydrogen (secondary N) is 3. The first kappa shape index (κ1) is 54.6. The van der Waals surface area contributed by atoms with Crippen molar-refractivity contribution in [1.82, 2.24) is 40.0 Å².